The highest BCUT2D eigenvalue weighted by molar-refractivity contribution is 5.79. The van der Waals surface area contributed by atoms with Gasteiger partial charge in [-0.05, 0) is 18.4 Å². The van der Waals surface area contributed by atoms with Crippen LogP contribution in [-0.4, -0.2) is 73.3 Å². The molecule has 0 saturated carbocycles. The molecule has 3 aliphatic rings. The lowest BCUT2D eigenvalue weighted by Crippen LogP contribution is -2.52. The van der Waals surface area contributed by atoms with Gasteiger partial charge in [-0.1, -0.05) is 30.3 Å². The molecule has 0 N–H and O–H groups in total. The second kappa shape index (κ2) is 7.21. The van der Waals surface area contributed by atoms with Crippen LogP contribution in [0.2, 0.25) is 0 Å². The Labute approximate surface area is 143 Å². The van der Waals surface area contributed by atoms with Gasteiger partial charge in [-0.2, -0.15) is 0 Å². The molecule has 5 heteroatoms. The molecule has 3 atom stereocenters. The summed E-state index contributed by atoms with van der Waals surface area (Å²) in [4.78, 5) is 17.1. The lowest BCUT2D eigenvalue weighted by Gasteiger charge is -2.37. The average Bonchev–Trinajstić information content (AvgIpc) is 3.25. The molecule has 24 heavy (non-hydrogen) atoms. The van der Waals surface area contributed by atoms with E-state index in [4.69, 9.17) is 9.47 Å². The number of hydrogen-bond acceptors (Lipinski definition) is 4. The van der Waals surface area contributed by atoms with Gasteiger partial charge in [-0.15, -0.1) is 0 Å². The van der Waals surface area contributed by atoms with Gasteiger partial charge in [0, 0.05) is 32.8 Å². The zero-order valence-corrected chi connectivity index (χ0v) is 14.1. The maximum atomic E-state index is 12.6. The van der Waals surface area contributed by atoms with Gasteiger partial charge in [0.15, 0.2) is 0 Å². The van der Waals surface area contributed by atoms with Crippen LogP contribution in [0.1, 0.15) is 18.4 Å². The smallest absolute Gasteiger partial charge is 0.227 e. The zero-order chi connectivity index (χ0) is 16.4. The molecule has 0 unspecified atom stereocenters. The van der Waals surface area contributed by atoms with Crippen molar-refractivity contribution in [3.05, 3.63) is 35.9 Å². The van der Waals surface area contributed by atoms with E-state index in [2.05, 4.69) is 4.90 Å². The van der Waals surface area contributed by atoms with Crippen LogP contribution in [0, 0.1) is 0 Å². The summed E-state index contributed by atoms with van der Waals surface area (Å²) in [7, 11) is 0. The van der Waals surface area contributed by atoms with Crippen molar-refractivity contribution in [3.63, 3.8) is 0 Å². The van der Waals surface area contributed by atoms with Crippen molar-refractivity contribution in [3.8, 4) is 0 Å². The Hall–Kier alpha value is -1.43. The number of carbonyl (C=O) groups is 1. The van der Waals surface area contributed by atoms with Crippen LogP contribution in [0.3, 0.4) is 0 Å². The van der Waals surface area contributed by atoms with Crippen molar-refractivity contribution < 1.29 is 14.3 Å². The maximum Gasteiger partial charge on any atom is 0.227 e. The van der Waals surface area contributed by atoms with Gasteiger partial charge in [0.1, 0.15) is 0 Å². The SMILES string of the molecule is O=C(Cc1ccccc1)N1C[C@@H]2OCCN(C[C@@H]3CCCO3)[C@@H]2C1. The Morgan fingerprint density at radius 2 is 2.00 bits per heavy atom. The topological polar surface area (TPSA) is 42.0 Å². The third-order valence-corrected chi connectivity index (χ3v) is 5.43. The van der Waals surface area contributed by atoms with E-state index in [0.717, 1.165) is 51.4 Å². The van der Waals surface area contributed by atoms with Gasteiger partial charge >= 0.3 is 0 Å². The van der Waals surface area contributed by atoms with E-state index in [-0.39, 0.29) is 12.0 Å². The number of ether oxygens (including phenoxy) is 2. The fraction of sp³-hybridized carbons (Fsp3) is 0.632. The van der Waals surface area contributed by atoms with E-state index in [9.17, 15) is 4.79 Å². The first-order chi connectivity index (χ1) is 11.8. The first kappa shape index (κ1) is 16.1. The lowest BCUT2D eigenvalue weighted by molar-refractivity contribution is -0.129. The van der Waals surface area contributed by atoms with E-state index in [0.29, 0.717) is 18.6 Å². The summed E-state index contributed by atoms with van der Waals surface area (Å²) < 4.78 is 11.7. The van der Waals surface area contributed by atoms with E-state index in [1.165, 1.54) is 6.42 Å². The predicted molar refractivity (Wildman–Crippen MR) is 90.8 cm³/mol. The van der Waals surface area contributed by atoms with Gasteiger partial charge in [0.25, 0.3) is 0 Å². The Bertz CT molecular complexity index is 559. The summed E-state index contributed by atoms with van der Waals surface area (Å²) in [5.41, 5.74) is 1.08. The van der Waals surface area contributed by atoms with Crippen molar-refractivity contribution in [1.29, 1.82) is 0 Å². The fourth-order valence-corrected chi connectivity index (χ4v) is 4.12. The third kappa shape index (κ3) is 3.48. The Kier molecular flexibility index (Phi) is 4.83. The van der Waals surface area contributed by atoms with Crippen LogP contribution in [0.4, 0.5) is 0 Å². The summed E-state index contributed by atoms with van der Waals surface area (Å²) in [6.45, 7) is 5.08. The average molecular weight is 330 g/mol. The number of nitrogens with zero attached hydrogens (tertiary/aromatic N) is 2. The fourth-order valence-electron chi connectivity index (χ4n) is 4.12. The van der Waals surface area contributed by atoms with Crippen molar-refractivity contribution in [2.24, 2.45) is 0 Å². The standard InChI is InChI=1S/C19H26N2O3/c22-19(11-15-5-2-1-3-6-15)21-13-17-18(14-21)24-10-8-20(17)12-16-7-4-9-23-16/h1-3,5-6,16-18H,4,7-14H2/t16-,17+,18-/m0/s1. The number of benzene rings is 1. The molecule has 0 spiro atoms. The molecule has 3 fully saturated rings. The number of rotatable bonds is 4. The van der Waals surface area contributed by atoms with Gasteiger partial charge in [-0.25, -0.2) is 0 Å². The van der Waals surface area contributed by atoms with Gasteiger partial charge in [0.05, 0.1) is 31.3 Å². The largest absolute Gasteiger partial charge is 0.377 e. The predicted octanol–water partition coefficient (Wildman–Crippen LogP) is 1.32. The molecule has 3 heterocycles. The molecule has 1 aromatic carbocycles. The minimum atomic E-state index is 0.153. The summed E-state index contributed by atoms with van der Waals surface area (Å²) in [5.74, 6) is 0.205. The van der Waals surface area contributed by atoms with Crippen LogP contribution in [0.5, 0.6) is 0 Å². The van der Waals surface area contributed by atoms with Gasteiger partial charge in [-0.3, -0.25) is 9.69 Å². The molecule has 130 valence electrons. The number of amides is 1. The molecular formula is C19H26N2O3. The molecule has 3 saturated heterocycles. The van der Waals surface area contributed by atoms with Gasteiger partial charge in [0.2, 0.25) is 5.91 Å². The monoisotopic (exact) mass is 330 g/mol. The maximum absolute atomic E-state index is 12.6. The first-order valence-electron chi connectivity index (χ1n) is 9.08. The molecular weight excluding hydrogens is 304 g/mol. The van der Waals surface area contributed by atoms with E-state index < -0.39 is 0 Å². The highest BCUT2D eigenvalue weighted by atomic mass is 16.5. The molecule has 3 aliphatic heterocycles. The molecule has 0 aliphatic carbocycles. The minimum Gasteiger partial charge on any atom is -0.377 e. The second-order valence-electron chi connectivity index (χ2n) is 7.07. The minimum absolute atomic E-state index is 0.153. The molecule has 1 amide bonds. The summed E-state index contributed by atoms with van der Waals surface area (Å²) >= 11 is 0. The van der Waals surface area contributed by atoms with Crippen LogP contribution in [0.25, 0.3) is 0 Å². The van der Waals surface area contributed by atoms with Crippen molar-refractivity contribution in [2.45, 2.75) is 37.5 Å². The molecule has 4 rings (SSSR count). The first-order valence-corrected chi connectivity index (χ1v) is 9.08. The summed E-state index contributed by atoms with van der Waals surface area (Å²) in [5, 5.41) is 0. The quantitative estimate of drug-likeness (QED) is 0.835. The molecule has 0 aromatic heterocycles. The lowest BCUT2D eigenvalue weighted by atomic mass is 10.1. The second-order valence-corrected chi connectivity index (χ2v) is 7.07. The Morgan fingerprint density at radius 3 is 2.79 bits per heavy atom. The number of likely N-dealkylation sites (tertiary alicyclic amines) is 1. The van der Waals surface area contributed by atoms with Gasteiger partial charge < -0.3 is 14.4 Å². The van der Waals surface area contributed by atoms with E-state index in [1.807, 2.05) is 35.2 Å². The molecule has 5 nitrogen and oxygen atoms in total. The zero-order valence-electron chi connectivity index (χ0n) is 14.1. The number of hydrogen-bond donors (Lipinski definition) is 0. The normalized spacial score (nSPS) is 30.5. The highest BCUT2D eigenvalue weighted by Crippen LogP contribution is 2.25. The van der Waals surface area contributed by atoms with E-state index >= 15 is 0 Å². The van der Waals surface area contributed by atoms with Crippen molar-refractivity contribution in [2.75, 3.05) is 39.4 Å². The van der Waals surface area contributed by atoms with Crippen LogP contribution < -0.4 is 0 Å². The molecule has 0 bridgehead atoms. The highest BCUT2D eigenvalue weighted by Gasteiger charge is 2.42. The third-order valence-electron chi connectivity index (χ3n) is 5.43. The van der Waals surface area contributed by atoms with Crippen molar-refractivity contribution in [1.82, 2.24) is 9.80 Å². The summed E-state index contributed by atoms with van der Waals surface area (Å²) in [6.07, 6.45) is 3.32. The number of carbonyl (C=O) groups excluding carboxylic acids is 1. The van der Waals surface area contributed by atoms with E-state index in [1.54, 1.807) is 0 Å². The van der Waals surface area contributed by atoms with Crippen molar-refractivity contribution >= 4 is 5.91 Å². The number of morpholine rings is 1. The molecule has 1 aromatic rings. The van der Waals surface area contributed by atoms with Crippen LogP contribution >= 0.6 is 0 Å². The Balaban J connectivity index is 1.37. The molecule has 0 radical (unpaired) electrons. The summed E-state index contributed by atoms with van der Waals surface area (Å²) in [6, 6.07) is 10.3. The number of fused-ring (bicyclic) bond motifs is 1. The van der Waals surface area contributed by atoms with Crippen LogP contribution in [-0.2, 0) is 20.7 Å². The Morgan fingerprint density at radius 1 is 1.12 bits per heavy atom. The van der Waals surface area contributed by atoms with Crippen LogP contribution in [0.15, 0.2) is 30.3 Å².